The van der Waals surface area contributed by atoms with E-state index in [0.717, 1.165) is 6.54 Å². The van der Waals surface area contributed by atoms with Crippen LogP contribution in [0.2, 0.25) is 0 Å². The molecular weight excluding hydrogens is 124 g/mol. The summed E-state index contributed by atoms with van der Waals surface area (Å²) in [6, 6.07) is 0. The van der Waals surface area contributed by atoms with E-state index in [2.05, 4.69) is 12.2 Å². The molecule has 2 nitrogen and oxygen atoms in total. The molecule has 0 radical (unpaired) electrons. The van der Waals surface area contributed by atoms with E-state index in [1.807, 2.05) is 6.19 Å². The molecule has 0 aromatic heterocycles. The lowest BCUT2D eigenvalue weighted by atomic mass is 10.0. The minimum Gasteiger partial charge on any atom is -0.323 e. The zero-order chi connectivity index (χ0) is 7.45. The molecular formula is C8H14N2. The molecule has 0 aromatic rings. The van der Waals surface area contributed by atoms with Crippen molar-refractivity contribution in [2.24, 2.45) is 5.41 Å². The molecule has 10 heavy (non-hydrogen) atoms. The number of hydrogen-bond donors (Lipinski definition) is 1. The zero-order valence-corrected chi connectivity index (χ0v) is 6.48. The van der Waals surface area contributed by atoms with Crippen LogP contribution in [-0.2, 0) is 0 Å². The van der Waals surface area contributed by atoms with Crippen LogP contribution >= 0.6 is 0 Å². The SMILES string of the molecule is CCCC1(CNC#N)CC1. The van der Waals surface area contributed by atoms with Crippen LogP contribution in [0.4, 0.5) is 0 Å². The van der Waals surface area contributed by atoms with Crippen LogP contribution in [0.5, 0.6) is 0 Å². The van der Waals surface area contributed by atoms with Crippen LogP contribution in [0.1, 0.15) is 32.6 Å². The summed E-state index contributed by atoms with van der Waals surface area (Å²) in [4.78, 5) is 0. The molecule has 1 aliphatic rings. The normalized spacial score (nSPS) is 19.6. The lowest BCUT2D eigenvalue weighted by Gasteiger charge is -2.10. The van der Waals surface area contributed by atoms with E-state index in [1.165, 1.54) is 25.7 Å². The first-order chi connectivity index (χ1) is 4.83. The predicted octanol–water partition coefficient (Wildman–Crippen LogP) is 1.64. The van der Waals surface area contributed by atoms with Gasteiger partial charge in [0, 0.05) is 6.54 Å². The van der Waals surface area contributed by atoms with Gasteiger partial charge in [-0.25, -0.2) is 0 Å². The molecule has 2 heteroatoms. The Bertz CT molecular complexity index is 142. The topological polar surface area (TPSA) is 35.8 Å². The molecule has 1 aliphatic carbocycles. The minimum atomic E-state index is 0.518. The predicted molar refractivity (Wildman–Crippen MR) is 40.2 cm³/mol. The third-order valence-corrected chi connectivity index (χ3v) is 2.28. The van der Waals surface area contributed by atoms with Crippen LogP contribution in [0.25, 0.3) is 0 Å². The molecule has 0 bridgehead atoms. The summed E-state index contributed by atoms with van der Waals surface area (Å²) in [7, 11) is 0. The van der Waals surface area contributed by atoms with Crippen LogP contribution in [0.15, 0.2) is 0 Å². The highest BCUT2D eigenvalue weighted by atomic mass is 14.9. The summed E-state index contributed by atoms with van der Waals surface area (Å²) in [6.45, 7) is 3.10. The quantitative estimate of drug-likeness (QED) is 0.473. The third kappa shape index (κ3) is 1.63. The first-order valence-electron chi connectivity index (χ1n) is 3.95. The molecule has 1 saturated carbocycles. The number of nitriles is 1. The largest absolute Gasteiger partial charge is 0.323 e. The second-order valence-corrected chi connectivity index (χ2v) is 3.22. The monoisotopic (exact) mass is 138 g/mol. The van der Waals surface area contributed by atoms with Crippen LogP contribution in [-0.4, -0.2) is 6.54 Å². The van der Waals surface area contributed by atoms with Crippen molar-refractivity contribution in [2.75, 3.05) is 6.54 Å². The molecule has 0 heterocycles. The first-order valence-corrected chi connectivity index (χ1v) is 3.95. The van der Waals surface area contributed by atoms with E-state index in [-0.39, 0.29) is 0 Å². The van der Waals surface area contributed by atoms with E-state index in [9.17, 15) is 0 Å². The van der Waals surface area contributed by atoms with Crippen molar-refractivity contribution in [1.29, 1.82) is 5.26 Å². The maximum Gasteiger partial charge on any atom is 0.176 e. The van der Waals surface area contributed by atoms with E-state index < -0.39 is 0 Å². The highest BCUT2D eigenvalue weighted by Crippen LogP contribution is 2.48. The van der Waals surface area contributed by atoms with Crippen molar-refractivity contribution in [3.05, 3.63) is 0 Å². The van der Waals surface area contributed by atoms with Crippen molar-refractivity contribution >= 4 is 0 Å². The van der Waals surface area contributed by atoms with Gasteiger partial charge in [0.25, 0.3) is 0 Å². The Balaban J connectivity index is 2.18. The van der Waals surface area contributed by atoms with Gasteiger partial charge in [0.05, 0.1) is 0 Å². The Morgan fingerprint density at radius 1 is 1.60 bits per heavy atom. The molecule has 1 rings (SSSR count). The van der Waals surface area contributed by atoms with Crippen LogP contribution < -0.4 is 5.32 Å². The van der Waals surface area contributed by atoms with Crippen molar-refractivity contribution in [3.8, 4) is 6.19 Å². The van der Waals surface area contributed by atoms with E-state index in [1.54, 1.807) is 0 Å². The van der Waals surface area contributed by atoms with Gasteiger partial charge in [-0.15, -0.1) is 0 Å². The summed E-state index contributed by atoms with van der Waals surface area (Å²) in [5.41, 5.74) is 0.518. The molecule has 56 valence electrons. The van der Waals surface area contributed by atoms with Crippen molar-refractivity contribution in [3.63, 3.8) is 0 Å². The van der Waals surface area contributed by atoms with E-state index in [4.69, 9.17) is 5.26 Å². The van der Waals surface area contributed by atoms with Gasteiger partial charge in [-0.2, -0.15) is 5.26 Å². The Morgan fingerprint density at radius 3 is 2.70 bits per heavy atom. The average molecular weight is 138 g/mol. The lowest BCUT2D eigenvalue weighted by Crippen LogP contribution is -2.19. The van der Waals surface area contributed by atoms with Gasteiger partial charge in [0.15, 0.2) is 6.19 Å². The maximum absolute atomic E-state index is 8.26. The van der Waals surface area contributed by atoms with Crippen molar-refractivity contribution in [2.45, 2.75) is 32.6 Å². The summed E-state index contributed by atoms with van der Waals surface area (Å²) in [5.74, 6) is 0. The van der Waals surface area contributed by atoms with Crippen molar-refractivity contribution < 1.29 is 0 Å². The fraction of sp³-hybridized carbons (Fsp3) is 0.875. The smallest absolute Gasteiger partial charge is 0.176 e. The van der Waals surface area contributed by atoms with Gasteiger partial charge in [-0.1, -0.05) is 13.3 Å². The van der Waals surface area contributed by atoms with Gasteiger partial charge in [0.2, 0.25) is 0 Å². The van der Waals surface area contributed by atoms with Gasteiger partial charge in [0.1, 0.15) is 0 Å². The molecule has 1 fully saturated rings. The minimum absolute atomic E-state index is 0.518. The molecule has 0 aromatic carbocycles. The highest BCUT2D eigenvalue weighted by Gasteiger charge is 2.40. The fourth-order valence-electron chi connectivity index (χ4n) is 1.45. The third-order valence-electron chi connectivity index (χ3n) is 2.28. The van der Waals surface area contributed by atoms with E-state index in [0.29, 0.717) is 5.41 Å². The zero-order valence-electron chi connectivity index (χ0n) is 6.48. The standard InChI is InChI=1S/C8H14N2/c1-2-3-8(4-5-8)6-10-7-9/h10H,2-6H2,1H3. The summed E-state index contributed by atoms with van der Waals surface area (Å²) >= 11 is 0. The number of nitrogens with one attached hydrogen (secondary N) is 1. The van der Waals surface area contributed by atoms with Gasteiger partial charge >= 0.3 is 0 Å². The Kier molecular flexibility index (Phi) is 2.16. The fourth-order valence-corrected chi connectivity index (χ4v) is 1.45. The molecule has 0 spiro atoms. The Morgan fingerprint density at radius 2 is 2.30 bits per heavy atom. The van der Waals surface area contributed by atoms with Gasteiger partial charge in [-0.05, 0) is 24.7 Å². The van der Waals surface area contributed by atoms with Crippen molar-refractivity contribution in [1.82, 2.24) is 5.32 Å². The second kappa shape index (κ2) is 2.92. The van der Waals surface area contributed by atoms with Crippen LogP contribution in [0, 0.1) is 16.9 Å². The highest BCUT2D eigenvalue weighted by molar-refractivity contribution is 4.95. The van der Waals surface area contributed by atoms with Crippen LogP contribution in [0.3, 0.4) is 0 Å². The average Bonchev–Trinajstić information content (AvgIpc) is 2.67. The second-order valence-electron chi connectivity index (χ2n) is 3.22. The first kappa shape index (κ1) is 7.40. The Hall–Kier alpha value is -0.710. The molecule has 0 unspecified atom stereocenters. The number of hydrogen-bond acceptors (Lipinski definition) is 2. The maximum atomic E-state index is 8.26. The Labute approximate surface area is 62.2 Å². The summed E-state index contributed by atoms with van der Waals surface area (Å²) in [5, 5.41) is 11.0. The summed E-state index contributed by atoms with van der Waals surface area (Å²) < 4.78 is 0. The van der Waals surface area contributed by atoms with E-state index >= 15 is 0 Å². The van der Waals surface area contributed by atoms with Gasteiger partial charge in [-0.3, -0.25) is 0 Å². The number of rotatable bonds is 4. The molecule has 0 amide bonds. The molecule has 0 atom stereocenters. The molecule has 0 aliphatic heterocycles. The molecule has 0 saturated heterocycles. The lowest BCUT2D eigenvalue weighted by molar-refractivity contribution is 0.448. The number of nitrogens with zero attached hydrogens (tertiary/aromatic N) is 1. The van der Waals surface area contributed by atoms with Gasteiger partial charge < -0.3 is 5.32 Å². The summed E-state index contributed by atoms with van der Waals surface area (Å²) in [6.07, 6.45) is 7.12. The molecule has 1 N–H and O–H groups in total.